The highest BCUT2D eigenvalue weighted by Crippen LogP contribution is 2.30. The molecule has 1 atom stereocenters. The second kappa shape index (κ2) is 6.14. The summed E-state index contributed by atoms with van der Waals surface area (Å²) in [6, 6.07) is 4.17. The number of likely N-dealkylation sites (tertiary alicyclic amines) is 1. The minimum Gasteiger partial charge on any atom is -0.322 e. The molecule has 128 valence electrons. The highest BCUT2D eigenvalue weighted by Gasteiger charge is 2.31. The predicted molar refractivity (Wildman–Crippen MR) is 80.4 cm³/mol. The zero-order chi connectivity index (χ0) is 17.3. The van der Waals surface area contributed by atoms with Crippen LogP contribution in [0.1, 0.15) is 23.9 Å². The molecule has 1 saturated heterocycles. The number of nitrogens with one attached hydrogen (secondary N) is 1. The maximum Gasteiger partial charge on any atom is 0.416 e. The van der Waals surface area contributed by atoms with Gasteiger partial charge in [0.2, 0.25) is 0 Å². The molecule has 3 rings (SSSR count). The molecule has 1 unspecified atom stereocenters. The number of carbonyl (C=O) groups is 1. The van der Waals surface area contributed by atoms with Crippen LogP contribution in [-0.2, 0) is 6.18 Å². The van der Waals surface area contributed by atoms with Crippen LogP contribution in [0.4, 0.5) is 23.7 Å². The number of anilines is 1. The third kappa shape index (κ3) is 3.34. The number of hydrogen-bond donors (Lipinski definition) is 1. The van der Waals surface area contributed by atoms with Crippen molar-refractivity contribution in [3.8, 4) is 0 Å². The fourth-order valence-electron chi connectivity index (χ4n) is 2.76. The molecule has 6 nitrogen and oxygen atoms in total. The van der Waals surface area contributed by atoms with Gasteiger partial charge in [-0.3, -0.25) is 0 Å². The van der Waals surface area contributed by atoms with Crippen molar-refractivity contribution in [2.45, 2.75) is 25.6 Å². The summed E-state index contributed by atoms with van der Waals surface area (Å²) in [4.78, 5) is 13.9. The molecule has 0 bridgehead atoms. The zero-order valence-corrected chi connectivity index (χ0v) is 12.9. The first-order valence-electron chi connectivity index (χ1n) is 7.44. The van der Waals surface area contributed by atoms with E-state index in [-0.39, 0.29) is 12.1 Å². The summed E-state index contributed by atoms with van der Waals surface area (Å²) in [5.41, 5.74) is -0.415. The van der Waals surface area contributed by atoms with Crippen molar-refractivity contribution in [3.63, 3.8) is 0 Å². The van der Waals surface area contributed by atoms with Crippen LogP contribution in [0, 0.1) is 6.92 Å². The van der Waals surface area contributed by atoms with Gasteiger partial charge in [0.05, 0.1) is 11.6 Å². The molecule has 24 heavy (non-hydrogen) atoms. The van der Waals surface area contributed by atoms with Crippen molar-refractivity contribution in [3.05, 3.63) is 42.0 Å². The fourth-order valence-corrected chi connectivity index (χ4v) is 2.76. The molecule has 2 heterocycles. The highest BCUT2D eigenvalue weighted by atomic mass is 19.4. The number of benzene rings is 1. The van der Waals surface area contributed by atoms with Gasteiger partial charge in [0.15, 0.2) is 0 Å². The van der Waals surface area contributed by atoms with Gasteiger partial charge in [0, 0.05) is 18.8 Å². The van der Waals surface area contributed by atoms with Crippen molar-refractivity contribution in [1.29, 1.82) is 0 Å². The predicted octanol–water partition coefficient (Wildman–Crippen LogP) is 3.08. The van der Waals surface area contributed by atoms with Crippen molar-refractivity contribution in [2.24, 2.45) is 0 Å². The lowest BCUT2D eigenvalue weighted by atomic mass is 10.2. The van der Waals surface area contributed by atoms with Gasteiger partial charge in [0.25, 0.3) is 0 Å². The summed E-state index contributed by atoms with van der Waals surface area (Å²) in [7, 11) is 0. The third-order valence-electron chi connectivity index (χ3n) is 4.06. The first-order chi connectivity index (χ1) is 11.3. The molecule has 2 aromatic rings. The lowest BCUT2D eigenvalue weighted by Crippen LogP contribution is -2.33. The number of urea groups is 1. The number of aromatic nitrogens is 3. The van der Waals surface area contributed by atoms with E-state index in [4.69, 9.17) is 0 Å². The third-order valence-corrected chi connectivity index (χ3v) is 4.06. The lowest BCUT2D eigenvalue weighted by molar-refractivity contribution is -0.137. The summed E-state index contributed by atoms with van der Waals surface area (Å²) in [6.07, 6.45) is -1.97. The quantitative estimate of drug-likeness (QED) is 0.914. The molecular formula is C15H16F3N5O. The summed E-state index contributed by atoms with van der Waals surface area (Å²) in [6.45, 7) is 2.91. The van der Waals surface area contributed by atoms with Crippen LogP contribution in [0.3, 0.4) is 0 Å². The maximum absolute atomic E-state index is 12.5. The standard InChI is InChI=1S/C15H16F3N5O/c1-10-21-19-9-23(10)13-6-7-22(8-13)14(24)20-12-4-2-11(3-5-12)15(16,17)18/h2-5,9,13H,6-8H2,1H3,(H,20,24). The van der Waals surface area contributed by atoms with Crippen molar-refractivity contribution in [1.82, 2.24) is 19.7 Å². The SMILES string of the molecule is Cc1nncn1C1CCN(C(=O)Nc2ccc(C(F)(F)F)cc2)C1. The van der Waals surface area contributed by atoms with E-state index in [1.165, 1.54) is 12.1 Å². The van der Waals surface area contributed by atoms with Crippen LogP contribution in [0.5, 0.6) is 0 Å². The highest BCUT2D eigenvalue weighted by molar-refractivity contribution is 5.89. The van der Waals surface area contributed by atoms with E-state index in [1.54, 1.807) is 11.2 Å². The molecule has 0 saturated carbocycles. The monoisotopic (exact) mass is 339 g/mol. The first kappa shape index (κ1) is 16.3. The minimum atomic E-state index is -4.39. The van der Waals surface area contributed by atoms with Gasteiger partial charge >= 0.3 is 12.2 Å². The van der Waals surface area contributed by atoms with Crippen LogP contribution in [0.25, 0.3) is 0 Å². The van der Waals surface area contributed by atoms with Gasteiger partial charge in [-0.1, -0.05) is 0 Å². The van der Waals surface area contributed by atoms with Crippen LogP contribution in [0.2, 0.25) is 0 Å². The normalized spacial score (nSPS) is 18.0. The molecule has 9 heteroatoms. The Balaban J connectivity index is 1.61. The summed E-state index contributed by atoms with van der Waals surface area (Å²) >= 11 is 0. The zero-order valence-electron chi connectivity index (χ0n) is 12.9. The van der Waals surface area contributed by atoms with E-state index in [0.717, 1.165) is 24.4 Å². The Bertz CT molecular complexity index is 725. The van der Waals surface area contributed by atoms with Crippen molar-refractivity contribution >= 4 is 11.7 Å². The Morgan fingerprint density at radius 1 is 1.29 bits per heavy atom. The molecular weight excluding hydrogens is 323 g/mol. The molecule has 1 aliphatic heterocycles. The van der Waals surface area contributed by atoms with Gasteiger partial charge < -0.3 is 14.8 Å². The van der Waals surface area contributed by atoms with E-state index >= 15 is 0 Å². The van der Waals surface area contributed by atoms with Crippen molar-refractivity contribution in [2.75, 3.05) is 18.4 Å². The number of carbonyl (C=O) groups excluding carboxylic acids is 1. The average Bonchev–Trinajstić information content (AvgIpc) is 3.15. The number of halogens is 3. The van der Waals surface area contributed by atoms with E-state index < -0.39 is 11.7 Å². The Hall–Kier alpha value is -2.58. The Labute approximate surface area is 136 Å². The Morgan fingerprint density at radius 2 is 2.00 bits per heavy atom. The van der Waals surface area contributed by atoms with Gasteiger partial charge in [-0.05, 0) is 37.6 Å². The van der Waals surface area contributed by atoms with E-state index in [9.17, 15) is 18.0 Å². The maximum atomic E-state index is 12.5. The van der Waals surface area contributed by atoms with Gasteiger partial charge in [-0.2, -0.15) is 13.2 Å². The number of hydrogen-bond acceptors (Lipinski definition) is 3. The minimum absolute atomic E-state index is 0.110. The molecule has 0 radical (unpaired) electrons. The molecule has 0 aliphatic carbocycles. The number of rotatable bonds is 2. The fraction of sp³-hybridized carbons (Fsp3) is 0.400. The largest absolute Gasteiger partial charge is 0.416 e. The molecule has 1 aromatic carbocycles. The smallest absolute Gasteiger partial charge is 0.322 e. The summed E-state index contributed by atoms with van der Waals surface area (Å²) in [5.74, 6) is 0.782. The van der Waals surface area contributed by atoms with Crippen LogP contribution in [-0.4, -0.2) is 38.8 Å². The second-order valence-electron chi connectivity index (χ2n) is 5.68. The number of nitrogens with zero attached hydrogens (tertiary/aromatic N) is 4. The van der Waals surface area contributed by atoms with E-state index in [2.05, 4.69) is 15.5 Å². The molecule has 2 amide bonds. The number of aryl methyl sites for hydroxylation is 1. The van der Waals surface area contributed by atoms with Gasteiger partial charge in [-0.25, -0.2) is 4.79 Å². The molecule has 1 aliphatic rings. The topological polar surface area (TPSA) is 63.1 Å². The number of amides is 2. The van der Waals surface area contributed by atoms with E-state index in [0.29, 0.717) is 18.8 Å². The molecule has 1 N–H and O–H groups in total. The summed E-state index contributed by atoms with van der Waals surface area (Å²) in [5, 5.41) is 10.4. The average molecular weight is 339 g/mol. The number of alkyl halides is 3. The molecule has 0 spiro atoms. The van der Waals surface area contributed by atoms with Crippen LogP contribution >= 0.6 is 0 Å². The Kier molecular flexibility index (Phi) is 4.16. The Morgan fingerprint density at radius 3 is 2.58 bits per heavy atom. The van der Waals surface area contributed by atoms with Crippen molar-refractivity contribution < 1.29 is 18.0 Å². The second-order valence-corrected chi connectivity index (χ2v) is 5.68. The van der Waals surface area contributed by atoms with Crippen LogP contribution < -0.4 is 5.32 Å². The van der Waals surface area contributed by atoms with Crippen LogP contribution in [0.15, 0.2) is 30.6 Å². The molecule has 1 aromatic heterocycles. The molecule has 1 fully saturated rings. The first-order valence-corrected chi connectivity index (χ1v) is 7.44. The summed E-state index contributed by atoms with van der Waals surface area (Å²) < 4.78 is 39.5. The van der Waals surface area contributed by atoms with E-state index in [1.807, 2.05) is 11.5 Å². The lowest BCUT2D eigenvalue weighted by Gasteiger charge is -2.18. The van der Waals surface area contributed by atoms with Gasteiger partial charge in [0.1, 0.15) is 12.2 Å². The van der Waals surface area contributed by atoms with Gasteiger partial charge in [-0.15, -0.1) is 10.2 Å².